The second-order valence-electron chi connectivity index (χ2n) is 6.44. The van der Waals surface area contributed by atoms with Crippen molar-refractivity contribution in [2.75, 3.05) is 11.1 Å². The molecule has 24 heavy (non-hydrogen) atoms. The molecule has 0 bridgehead atoms. The Hall–Kier alpha value is -2.96. The van der Waals surface area contributed by atoms with Gasteiger partial charge in [0, 0.05) is 30.1 Å². The molecule has 1 aliphatic rings. The minimum Gasteiger partial charge on any atom is -0.397 e. The molecule has 0 saturated heterocycles. The number of rotatable bonds is 3. The van der Waals surface area contributed by atoms with E-state index in [0.29, 0.717) is 22.9 Å². The van der Waals surface area contributed by atoms with Gasteiger partial charge in [-0.1, -0.05) is 6.92 Å². The van der Waals surface area contributed by atoms with Crippen LogP contribution in [0.3, 0.4) is 0 Å². The maximum atomic E-state index is 12.1. The third-order valence-corrected chi connectivity index (χ3v) is 4.45. The third-order valence-electron chi connectivity index (χ3n) is 4.45. The quantitative estimate of drug-likeness (QED) is 0.720. The maximum Gasteiger partial charge on any atom is 0.228 e. The molecule has 1 aliphatic carbocycles. The van der Waals surface area contributed by atoms with Crippen molar-refractivity contribution in [3.8, 4) is 11.1 Å². The van der Waals surface area contributed by atoms with E-state index in [1.807, 2.05) is 31.4 Å². The lowest BCUT2D eigenvalue weighted by Gasteiger charge is -2.07. The zero-order valence-corrected chi connectivity index (χ0v) is 13.5. The number of hydrogen-bond acceptors (Lipinski definition) is 5. The average molecular weight is 322 g/mol. The van der Waals surface area contributed by atoms with Crippen molar-refractivity contribution in [1.29, 1.82) is 0 Å². The van der Waals surface area contributed by atoms with Gasteiger partial charge in [-0.15, -0.1) is 10.2 Å². The first-order valence-corrected chi connectivity index (χ1v) is 7.88. The second-order valence-corrected chi connectivity index (χ2v) is 6.44. The fourth-order valence-corrected chi connectivity index (χ4v) is 2.89. The van der Waals surface area contributed by atoms with E-state index in [0.717, 1.165) is 22.9 Å². The average Bonchev–Trinajstić information content (AvgIpc) is 3.12. The Labute approximate surface area is 138 Å². The Bertz CT molecular complexity index is 947. The topological polar surface area (TPSA) is 98.7 Å². The molecule has 3 N–H and O–H groups in total. The van der Waals surface area contributed by atoms with E-state index in [4.69, 9.17) is 5.73 Å². The van der Waals surface area contributed by atoms with Crippen molar-refractivity contribution >= 4 is 28.3 Å². The summed E-state index contributed by atoms with van der Waals surface area (Å²) < 4.78 is 1.74. The Morgan fingerprint density at radius 1 is 1.29 bits per heavy atom. The number of fused-ring (bicyclic) bond motifs is 1. The minimum atomic E-state index is 0.00698. The van der Waals surface area contributed by atoms with Crippen LogP contribution in [0.4, 0.5) is 11.5 Å². The van der Waals surface area contributed by atoms with Crippen LogP contribution in [-0.4, -0.2) is 25.9 Å². The molecule has 0 unspecified atom stereocenters. The predicted molar refractivity (Wildman–Crippen MR) is 92.1 cm³/mol. The molecule has 4 rings (SSSR count). The predicted octanol–water partition coefficient (Wildman–Crippen LogP) is 2.21. The van der Waals surface area contributed by atoms with Crippen molar-refractivity contribution in [2.24, 2.45) is 18.9 Å². The van der Waals surface area contributed by atoms with Gasteiger partial charge in [-0.05, 0) is 36.1 Å². The van der Waals surface area contributed by atoms with Gasteiger partial charge in [0.15, 0.2) is 5.82 Å². The van der Waals surface area contributed by atoms with Gasteiger partial charge in [0.25, 0.3) is 0 Å². The molecule has 2 atom stereocenters. The lowest BCUT2D eigenvalue weighted by molar-refractivity contribution is -0.117. The summed E-state index contributed by atoms with van der Waals surface area (Å²) in [4.78, 5) is 12.1. The van der Waals surface area contributed by atoms with Crippen LogP contribution < -0.4 is 11.1 Å². The molecule has 7 nitrogen and oxygen atoms in total. The zero-order valence-electron chi connectivity index (χ0n) is 13.5. The number of nitrogens with one attached hydrogen (secondary N) is 1. The van der Waals surface area contributed by atoms with E-state index in [9.17, 15) is 4.79 Å². The van der Waals surface area contributed by atoms with Gasteiger partial charge in [0.1, 0.15) is 5.52 Å². The van der Waals surface area contributed by atoms with E-state index in [2.05, 4.69) is 27.5 Å². The zero-order chi connectivity index (χ0) is 16.8. The first kappa shape index (κ1) is 14.6. The van der Waals surface area contributed by atoms with Crippen molar-refractivity contribution in [3.63, 3.8) is 0 Å². The lowest BCUT2D eigenvalue weighted by atomic mass is 10.1. The summed E-state index contributed by atoms with van der Waals surface area (Å²) in [6.45, 7) is 2.07. The van der Waals surface area contributed by atoms with Crippen LogP contribution in [0.15, 0.2) is 30.6 Å². The normalized spacial score (nSPS) is 19.4. The van der Waals surface area contributed by atoms with Crippen molar-refractivity contribution in [1.82, 2.24) is 20.0 Å². The number of carbonyl (C=O) groups is 1. The van der Waals surface area contributed by atoms with Gasteiger partial charge < -0.3 is 11.1 Å². The van der Waals surface area contributed by atoms with E-state index < -0.39 is 0 Å². The molecule has 0 spiro atoms. The van der Waals surface area contributed by atoms with Gasteiger partial charge in [-0.3, -0.25) is 9.48 Å². The molecule has 1 fully saturated rings. The fraction of sp³-hybridized carbons (Fsp3) is 0.294. The molecule has 1 amide bonds. The number of aryl methyl sites for hydroxylation is 1. The first-order chi connectivity index (χ1) is 11.5. The highest BCUT2D eigenvalue weighted by Crippen LogP contribution is 2.38. The number of benzene rings is 1. The van der Waals surface area contributed by atoms with E-state index in [1.54, 1.807) is 10.9 Å². The summed E-state index contributed by atoms with van der Waals surface area (Å²) in [5, 5.41) is 16.1. The van der Waals surface area contributed by atoms with Crippen LogP contribution in [0.1, 0.15) is 13.3 Å². The van der Waals surface area contributed by atoms with Gasteiger partial charge in [0.2, 0.25) is 5.91 Å². The Balaban J connectivity index is 1.70. The number of nitrogens with two attached hydrogens (primary N) is 1. The van der Waals surface area contributed by atoms with Crippen molar-refractivity contribution in [2.45, 2.75) is 13.3 Å². The standard InChI is InChI=1S/C17H18N6O/c1-9-3-13(9)17(24)20-15-6-11-4-10(12-7-19-23(2)8-12)5-14(18)16(11)22-21-15/h4-9,13H,3,18H2,1-2H3,(H,20,21,24)/t9-,13-/m1/s1. The van der Waals surface area contributed by atoms with E-state index >= 15 is 0 Å². The van der Waals surface area contributed by atoms with Crippen molar-refractivity contribution in [3.05, 3.63) is 30.6 Å². The first-order valence-electron chi connectivity index (χ1n) is 7.88. The van der Waals surface area contributed by atoms with Gasteiger partial charge in [-0.25, -0.2) is 0 Å². The molecule has 0 aliphatic heterocycles. The molecule has 1 aromatic carbocycles. The van der Waals surface area contributed by atoms with Crippen LogP contribution in [-0.2, 0) is 11.8 Å². The number of hydrogen-bond donors (Lipinski definition) is 2. The maximum absolute atomic E-state index is 12.1. The largest absolute Gasteiger partial charge is 0.397 e. The summed E-state index contributed by atoms with van der Waals surface area (Å²) in [5.41, 5.74) is 9.21. The van der Waals surface area contributed by atoms with Crippen LogP contribution in [0, 0.1) is 11.8 Å². The molecule has 1 saturated carbocycles. The van der Waals surface area contributed by atoms with Gasteiger partial charge >= 0.3 is 0 Å². The van der Waals surface area contributed by atoms with Crippen molar-refractivity contribution < 1.29 is 4.79 Å². The Morgan fingerprint density at radius 3 is 2.75 bits per heavy atom. The molecular formula is C17H18N6O. The number of amides is 1. The molecule has 7 heteroatoms. The van der Waals surface area contributed by atoms with Crippen LogP contribution in [0.5, 0.6) is 0 Å². The SMILES string of the molecule is C[C@@H]1C[C@H]1C(=O)Nc1cc2cc(-c3cnn(C)c3)cc(N)c2nn1. The summed E-state index contributed by atoms with van der Waals surface area (Å²) in [6.07, 6.45) is 4.64. The number of aromatic nitrogens is 4. The molecule has 2 aromatic heterocycles. The minimum absolute atomic E-state index is 0.00698. The molecule has 2 heterocycles. The second kappa shape index (κ2) is 5.30. The molecule has 0 radical (unpaired) electrons. The summed E-state index contributed by atoms with van der Waals surface area (Å²) >= 11 is 0. The van der Waals surface area contributed by atoms with Crippen LogP contribution >= 0.6 is 0 Å². The summed E-state index contributed by atoms with van der Waals surface area (Å²) in [5.74, 6) is 1.00. The van der Waals surface area contributed by atoms with Crippen LogP contribution in [0.2, 0.25) is 0 Å². The third kappa shape index (κ3) is 2.58. The van der Waals surface area contributed by atoms with E-state index in [1.165, 1.54) is 0 Å². The number of nitrogen functional groups attached to an aromatic ring is 1. The van der Waals surface area contributed by atoms with Gasteiger partial charge in [0.05, 0.1) is 11.9 Å². The smallest absolute Gasteiger partial charge is 0.228 e. The van der Waals surface area contributed by atoms with Crippen LogP contribution in [0.25, 0.3) is 22.0 Å². The molecular weight excluding hydrogens is 304 g/mol. The number of carbonyl (C=O) groups excluding carboxylic acids is 1. The highest BCUT2D eigenvalue weighted by Gasteiger charge is 2.39. The Kier molecular flexibility index (Phi) is 3.23. The molecule has 3 aromatic rings. The highest BCUT2D eigenvalue weighted by molar-refractivity contribution is 5.98. The highest BCUT2D eigenvalue weighted by atomic mass is 16.2. The number of nitrogens with zero attached hydrogens (tertiary/aromatic N) is 4. The summed E-state index contributed by atoms with van der Waals surface area (Å²) in [6, 6.07) is 5.65. The monoisotopic (exact) mass is 322 g/mol. The fourth-order valence-electron chi connectivity index (χ4n) is 2.89. The molecule has 122 valence electrons. The number of anilines is 2. The van der Waals surface area contributed by atoms with Gasteiger partial charge in [-0.2, -0.15) is 5.10 Å². The lowest BCUT2D eigenvalue weighted by Crippen LogP contribution is -2.15. The Morgan fingerprint density at radius 2 is 2.08 bits per heavy atom. The van der Waals surface area contributed by atoms with E-state index in [-0.39, 0.29) is 11.8 Å². The summed E-state index contributed by atoms with van der Waals surface area (Å²) in [7, 11) is 1.87.